The summed E-state index contributed by atoms with van der Waals surface area (Å²) < 4.78 is 5.29. The fraction of sp³-hybridized carbons (Fsp3) is 0.500. The molecule has 0 amide bonds. The molecule has 0 bridgehead atoms. The maximum atomic E-state index is 6.05. The maximum Gasteiger partial charge on any atom is 0.122 e. The first-order valence-electron chi connectivity index (χ1n) is 5.34. The quantitative estimate of drug-likeness (QED) is 0.737. The highest BCUT2D eigenvalue weighted by atomic mass is 16.5. The molecule has 2 rings (SSSR count). The first-order chi connectivity index (χ1) is 7.13. The van der Waals surface area contributed by atoms with Crippen LogP contribution >= 0.6 is 0 Å². The molecule has 0 unspecified atom stereocenters. The molecule has 4 N–H and O–H groups in total. The van der Waals surface area contributed by atoms with Gasteiger partial charge in [0, 0.05) is 11.2 Å². The third-order valence-electron chi connectivity index (χ3n) is 3.09. The van der Waals surface area contributed by atoms with E-state index in [4.69, 9.17) is 16.2 Å². The van der Waals surface area contributed by atoms with Gasteiger partial charge in [0.15, 0.2) is 0 Å². The molecule has 1 saturated carbocycles. The Bertz CT molecular complexity index is 359. The van der Waals surface area contributed by atoms with Crippen molar-refractivity contribution in [2.24, 2.45) is 5.73 Å². The number of hydrogen-bond donors (Lipinski definition) is 2. The molecule has 0 radical (unpaired) electrons. The SMILES string of the molecule is COc1ccc(N)cc1CCC1(N)CC1. The lowest BCUT2D eigenvalue weighted by Crippen LogP contribution is -2.22. The van der Waals surface area contributed by atoms with Gasteiger partial charge in [0.25, 0.3) is 0 Å². The highest BCUT2D eigenvalue weighted by Crippen LogP contribution is 2.37. The molecule has 15 heavy (non-hydrogen) atoms. The summed E-state index contributed by atoms with van der Waals surface area (Å²) in [5, 5.41) is 0. The molecule has 1 aliphatic rings. The van der Waals surface area contributed by atoms with Gasteiger partial charge in [-0.15, -0.1) is 0 Å². The Labute approximate surface area is 90.4 Å². The van der Waals surface area contributed by atoms with Crippen LogP contribution in [-0.2, 0) is 6.42 Å². The lowest BCUT2D eigenvalue weighted by Gasteiger charge is -2.12. The normalized spacial score (nSPS) is 17.5. The van der Waals surface area contributed by atoms with Crippen molar-refractivity contribution in [1.29, 1.82) is 0 Å². The van der Waals surface area contributed by atoms with Gasteiger partial charge in [-0.05, 0) is 49.4 Å². The second-order valence-electron chi connectivity index (χ2n) is 4.43. The standard InChI is InChI=1S/C12H18N2O/c1-15-11-3-2-10(13)8-9(11)4-5-12(14)6-7-12/h2-3,8H,4-7,13-14H2,1H3. The Morgan fingerprint density at radius 3 is 2.73 bits per heavy atom. The first-order valence-corrected chi connectivity index (χ1v) is 5.34. The molecule has 1 aromatic rings. The van der Waals surface area contributed by atoms with E-state index in [1.165, 1.54) is 0 Å². The monoisotopic (exact) mass is 206 g/mol. The van der Waals surface area contributed by atoms with Crippen molar-refractivity contribution < 1.29 is 4.74 Å². The average molecular weight is 206 g/mol. The second-order valence-corrected chi connectivity index (χ2v) is 4.43. The minimum Gasteiger partial charge on any atom is -0.496 e. The third kappa shape index (κ3) is 2.42. The van der Waals surface area contributed by atoms with Crippen LogP contribution in [0.3, 0.4) is 0 Å². The molecule has 0 aliphatic heterocycles. The van der Waals surface area contributed by atoms with E-state index in [1.807, 2.05) is 18.2 Å². The Balaban J connectivity index is 2.08. The Morgan fingerprint density at radius 1 is 1.40 bits per heavy atom. The summed E-state index contributed by atoms with van der Waals surface area (Å²) in [6.45, 7) is 0. The van der Waals surface area contributed by atoms with E-state index in [1.54, 1.807) is 7.11 Å². The van der Waals surface area contributed by atoms with Crippen LogP contribution in [0.15, 0.2) is 18.2 Å². The van der Waals surface area contributed by atoms with E-state index in [-0.39, 0.29) is 5.54 Å². The van der Waals surface area contributed by atoms with E-state index >= 15 is 0 Å². The zero-order valence-corrected chi connectivity index (χ0v) is 9.12. The molecular formula is C12H18N2O. The van der Waals surface area contributed by atoms with Crippen molar-refractivity contribution in [3.05, 3.63) is 23.8 Å². The summed E-state index contributed by atoms with van der Waals surface area (Å²) in [4.78, 5) is 0. The van der Waals surface area contributed by atoms with Crippen LogP contribution in [0.5, 0.6) is 5.75 Å². The van der Waals surface area contributed by atoms with Crippen molar-refractivity contribution in [2.75, 3.05) is 12.8 Å². The molecule has 3 heteroatoms. The van der Waals surface area contributed by atoms with E-state index in [9.17, 15) is 0 Å². The van der Waals surface area contributed by atoms with Gasteiger partial charge in [0.1, 0.15) is 5.75 Å². The van der Waals surface area contributed by atoms with Crippen molar-refractivity contribution in [2.45, 2.75) is 31.2 Å². The molecule has 0 heterocycles. The second kappa shape index (κ2) is 3.74. The number of rotatable bonds is 4. The molecule has 1 aromatic carbocycles. The minimum atomic E-state index is 0.0929. The predicted molar refractivity (Wildman–Crippen MR) is 61.9 cm³/mol. The van der Waals surface area contributed by atoms with Gasteiger partial charge in [-0.3, -0.25) is 0 Å². The number of ether oxygens (including phenoxy) is 1. The molecule has 0 atom stereocenters. The fourth-order valence-electron chi connectivity index (χ4n) is 1.79. The van der Waals surface area contributed by atoms with Gasteiger partial charge in [-0.25, -0.2) is 0 Å². The molecule has 0 aromatic heterocycles. The van der Waals surface area contributed by atoms with Crippen molar-refractivity contribution in [3.8, 4) is 5.75 Å². The smallest absolute Gasteiger partial charge is 0.122 e. The van der Waals surface area contributed by atoms with Crippen LogP contribution in [-0.4, -0.2) is 12.6 Å². The summed E-state index contributed by atoms with van der Waals surface area (Å²) in [7, 11) is 1.68. The van der Waals surface area contributed by atoms with Crippen LogP contribution in [0, 0.1) is 0 Å². The van der Waals surface area contributed by atoms with E-state index in [0.29, 0.717) is 0 Å². The summed E-state index contributed by atoms with van der Waals surface area (Å²) in [6.07, 6.45) is 4.27. The topological polar surface area (TPSA) is 61.3 Å². The zero-order chi connectivity index (χ0) is 10.9. The lowest BCUT2D eigenvalue weighted by molar-refractivity contribution is 0.408. The summed E-state index contributed by atoms with van der Waals surface area (Å²) in [5.74, 6) is 0.911. The Morgan fingerprint density at radius 2 is 2.13 bits per heavy atom. The van der Waals surface area contributed by atoms with Gasteiger partial charge in [-0.1, -0.05) is 0 Å². The molecule has 1 fully saturated rings. The lowest BCUT2D eigenvalue weighted by atomic mass is 10.0. The number of methoxy groups -OCH3 is 1. The van der Waals surface area contributed by atoms with Crippen molar-refractivity contribution >= 4 is 5.69 Å². The van der Waals surface area contributed by atoms with Gasteiger partial charge < -0.3 is 16.2 Å². The largest absolute Gasteiger partial charge is 0.496 e. The van der Waals surface area contributed by atoms with Crippen molar-refractivity contribution in [1.82, 2.24) is 0 Å². The summed E-state index contributed by atoms with van der Waals surface area (Å²) in [6, 6.07) is 5.75. The van der Waals surface area contributed by atoms with Crippen LogP contribution < -0.4 is 16.2 Å². The molecule has 0 saturated heterocycles. The molecule has 0 spiro atoms. The number of aryl methyl sites for hydroxylation is 1. The van der Waals surface area contributed by atoms with Crippen LogP contribution in [0.4, 0.5) is 5.69 Å². The summed E-state index contributed by atoms with van der Waals surface area (Å²) in [5.41, 5.74) is 13.8. The van der Waals surface area contributed by atoms with E-state index < -0.39 is 0 Å². The van der Waals surface area contributed by atoms with E-state index in [2.05, 4.69) is 0 Å². The van der Waals surface area contributed by atoms with Gasteiger partial charge >= 0.3 is 0 Å². The number of nitrogen functional groups attached to an aromatic ring is 1. The zero-order valence-electron chi connectivity index (χ0n) is 9.12. The number of hydrogen-bond acceptors (Lipinski definition) is 3. The van der Waals surface area contributed by atoms with Gasteiger partial charge in [0.05, 0.1) is 7.11 Å². The van der Waals surface area contributed by atoms with Crippen LogP contribution in [0.2, 0.25) is 0 Å². The Hall–Kier alpha value is -1.22. The van der Waals surface area contributed by atoms with Gasteiger partial charge in [0.2, 0.25) is 0 Å². The molecule has 1 aliphatic carbocycles. The molecule has 3 nitrogen and oxygen atoms in total. The number of nitrogens with two attached hydrogens (primary N) is 2. The van der Waals surface area contributed by atoms with Crippen LogP contribution in [0.1, 0.15) is 24.8 Å². The average Bonchev–Trinajstić information content (AvgIpc) is 2.95. The van der Waals surface area contributed by atoms with Gasteiger partial charge in [-0.2, -0.15) is 0 Å². The summed E-state index contributed by atoms with van der Waals surface area (Å²) >= 11 is 0. The fourth-order valence-corrected chi connectivity index (χ4v) is 1.79. The first kappa shape index (κ1) is 10.3. The number of benzene rings is 1. The molecular weight excluding hydrogens is 188 g/mol. The molecule has 82 valence electrons. The number of anilines is 1. The highest BCUT2D eigenvalue weighted by molar-refractivity contribution is 5.48. The van der Waals surface area contributed by atoms with Crippen LogP contribution in [0.25, 0.3) is 0 Å². The maximum absolute atomic E-state index is 6.05. The van der Waals surface area contributed by atoms with Crippen molar-refractivity contribution in [3.63, 3.8) is 0 Å². The highest BCUT2D eigenvalue weighted by Gasteiger charge is 2.37. The van der Waals surface area contributed by atoms with E-state index in [0.717, 1.165) is 42.7 Å². The predicted octanol–water partition coefficient (Wildman–Crippen LogP) is 1.70. The minimum absolute atomic E-state index is 0.0929. The third-order valence-corrected chi connectivity index (χ3v) is 3.09. The Kier molecular flexibility index (Phi) is 2.57.